The molecule has 0 spiro atoms. The maximum atomic E-state index is 11.0. The molecular weight excluding hydrogens is 535 g/mol. The van der Waals surface area contributed by atoms with Crippen LogP contribution in [0.25, 0.3) is 0 Å². The van der Waals surface area contributed by atoms with E-state index in [1.54, 1.807) is 0 Å². The van der Waals surface area contributed by atoms with Crippen molar-refractivity contribution in [3.05, 3.63) is 0 Å². The van der Waals surface area contributed by atoms with E-state index in [1.807, 2.05) is 0 Å². The van der Waals surface area contributed by atoms with Gasteiger partial charge in [-0.25, -0.2) is 0 Å². The first kappa shape index (κ1) is 27.5. The second-order valence-electron chi connectivity index (χ2n) is 6.58. The molecule has 0 fully saturated rings. The molecule has 0 amide bonds. The Kier molecular flexibility index (Phi) is 21.0. The summed E-state index contributed by atoms with van der Waals surface area (Å²) in [7, 11) is -4.64. The zero-order valence-corrected chi connectivity index (χ0v) is 22.3. The number of unbranched alkanes of at least 4 members (excludes halogenated alkanes) is 14. The van der Waals surface area contributed by atoms with Crippen LogP contribution < -0.4 is 0 Å². The predicted octanol–water partition coefficient (Wildman–Crippen LogP) is 4.68. The minimum atomic E-state index is -4.64. The number of hydrogen-bond donors (Lipinski definition) is 1. The van der Waals surface area contributed by atoms with Gasteiger partial charge in [-0.1, -0.05) is 96.8 Å². The van der Waals surface area contributed by atoms with Crippen LogP contribution in [0.2, 0.25) is 0 Å². The van der Waals surface area contributed by atoms with Gasteiger partial charge in [0, 0.05) is 6.42 Å². The molecule has 0 saturated carbocycles. The molecule has 0 aliphatic carbocycles. The third-order valence-electron chi connectivity index (χ3n) is 4.18. The van der Waals surface area contributed by atoms with Crippen molar-refractivity contribution in [2.24, 2.45) is 0 Å². The summed E-state index contributed by atoms with van der Waals surface area (Å²) in [6.07, 6.45) is 18.5. The summed E-state index contributed by atoms with van der Waals surface area (Å²) in [5.74, 6) is -0.882. The summed E-state index contributed by atoms with van der Waals surface area (Å²) >= 11 is 0. The normalized spacial score (nSPS) is 11.1. The molecule has 0 saturated heterocycles. The Morgan fingerprint density at radius 3 is 1.36 bits per heavy atom. The molecule has 7 heteroatoms. The van der Waals surface area contributed by atoms with Gasteiger partial charge in [-0.2, -0.15) is 8.42 Å². The van der Waals surface area contributed by atoms with Crippen LogP contribution in [0.1, 0.15) is 110 Å². The first-order valence-electron chi connectivity index (χ1n) is 9.65. The zero-order valence-electron chi connectivity index (χ0n) is 16.0. The average Bonchev–Trinajstić information content (AvgIpc) is 2.49. The molecule has 5 nitrogen and oxygen atoms in total. The van der Waals surface area contributed by atoms with Crippen LogP contribution in [-0.4, -0.2) is 46.2 Å². The summed E-state index contributed by atoms with van der Waals surface area (Å²) in [5, 5.41) is 0. The number of rotatable bonds is 17. The molecule has 0 atom stereocenters. The third-order valence-corrected chi connectivity index (χ3v) is 4.58. The third kappa shape index (κ3) is 24.3. The van der Waals surface area contributed by atoms with Gasteiger partial charge in [-0.15, -0.1) is 0 Å². The first-order valence-corrected chi connectivity index (χ1v) is 11.0. The Balaban J connectivity index is 0. The van der Waals surface area contributed by atoms with Gasteiger partial charge in [0.2, 0.25) is 0 Å². The van der Waals surface area contributed by atoms with Crippen LogP contribution in [0.15, 0.2) is 0 Å². The van der Waals surface area contributed by atoms with E-state index in [0.29, 0.717) is 6.42 Å². The Hall–Kier alpha value is 0.302. The van der Waals surface area contributed by atoms with Crippen molar-refractivity contribution >= 4 is 43.7 Å². The molecule has 1 N–H and O–H groups in total. The monoisotopic (exact) mass is 574 g/mol. The van der Waals surface area contributed by atoms with Gasteiger partial charge in [0.05, 0.1) is 0 Å². The van der Waals surface area contributed by atoms with E-state index in [-0.39, 0.29) is 33.7 Å². The number of carbonyl (C=O) groups is 1. The summed E-state index contributed by atoms with van der Waals surface area (Å²) in [6, 6.07) is 0. The van der Waals surface area contributed by atoms with Crippen molar-refractivity contribution in [1.29, 1.82) is 0 Å². The standard InChI is InChI=1S/C18H36O5S.Pb.2H/c1-2-3-4-5-6-7-8-9-10-11-12-13-14-15-16-17-18(19)23-24(20,21)22;;;/h2-17H2,1H3,(H,20,21,22);;;. The topological polar surface area (TPSA) is 80.7 Å². The molecule has 0 rings (SSSR count). The predicted molar refractivity (Wildman–Crippen MR) is 106 cm³/mol. The maximum absolute atomic E-state index is 11.0. The van der Waals surface area contributed by atoms with Crippen molar-refractivity contribution in [2.75, 3.05) is 0 Å². The van der Waals surface area contributed by atoms with Crippen LogP contribution >= 0.6 is 0 Å². The average molecular weight is 574 g/mol. The van der Waals surface area contributed by atoms with Crippen LogP contribution in [-0.2, 0) is 19.4 Å². The van der Waals surface area contributed by atoms with Crippen molar-refractivity contribution < 1.29 is 21.9 Å². The summed E-state index contributed by atoms with van der Waals surface area (Å²) in [4.78, 5) is 11.0. The molecule has 0 unspecified atom stereocenters. The molecule has 150 valence electrons. The van der Waals surface area contributed by atoms with Crippen molar-refractivity contribution in [1.82, 2.24) is 0 Å². The molecule has 0 aliphatic rings. The summed E-state index contributed by atoms with van der Waals surface area (Å²) < 4.78 is 32.8. The Morgan fingerprint density at radius 2 is 1.04 bits per heavy atom. The Bertz CT molecular complexity index is 398. The summed E-state index contributed by atoms with van der Waals surface area (Å²) in [6.45, 7) is 2.25. The SMILES string of the molecule is CCCCCCCCCCCCCCCCCC(=O)OS(=O)(=O)O.[PbH2]. The number of hydrogen-bond acceptors (Lipinski definition) is 4. The van der Waals surface area contributed by atoms with Gasteiger partial charge >= 0.3 is 43.7 Å². The molecule has 0 heterocycles. The van der Waals surface area contributed by atoms with E-state index in [4.69, 9.17) is 4.55 Å². The minimum absolute atomic E-state index is 0. The molecule has 2 radical (unpaired) electrons. The van der Waals surface area contributed by atoms with Gasteiger partial charge in [-0.05, 0) is 6.42 Å². The molecular formula is C18H38O5PbS. The first-order chi connectivity index (χ1) is 11.5. The fraction of sp³-hybridized carbons (Fsp3) is 0.944. The van der Waals surface area contributed by atoms with Gasteiger partial charge in [0.1, 0.15) is 0 Å². The van der Waals surface area contributed by atoms with Crippen LogP contribution in [0, 0.1) is 0 Å². The fourth-order valence-corrected chi connectivity index (χ4v) is 3.12. The zero-order chi connectivity index (χ0) is 18.1. The fourth-order valence-electron chi connectivity index (χ4n) is 2.80. The molecule has 0 aromatic heterocycles. The van der Waals surface area contributed by atoms with Crippen molar-refractivity contribution in [3.8, 4) is 0 Å². The molecule has 0 aromatic rings. The van der Waals surface area contributed by atoms with Crippen LogP contribution in [0.5, 0.6) is 0 Å². The quantitative estimate of drug-likeness (QED) is 0.155. The molecule has 0 aliphatic heterocycles. The van der Waals surface area contributed by atoms with Crippen LogP contribution in [0.4, 0.5) is 0 Å². The van der Waals surface area contributed by atoms with Crippen LogP contribution in [0.3, 0.4) is 0 Å². The van der Waals surface area contributed by atoms with E-state index in [1.165, 1.54) is 70.6 Å². The second kappa shape index (κ2) is 19.1. The molecule has 25 heavy (non-hydrogen) atoms. The van der Waals surface area contributed by atoms with Crippen molar-refractivity contribution in [3.63, 3.8) is 0 Å². The van der Waals surface area contributed by atoms with E-state index in [0.717, 1.165) is 19.3 Å². The number of carbonyl (C=O) groups excluding carboxylic acids is 1. The van der Waals surface area contributed by atoms with E-state index in [9.17, 15) is 13.2 Å². The van der Waals surface area contributed by atoms with Gasteiger partial charge in [0.25, 0.3) is 0 Å². The van der Waals surface area contributed by atoms with Gasteiger partial charge < -0.3 is 4.18 Å². The van der Waals surface area contributed by atoms with Gasteiger partial charge in [0.15, 0.2) is 0 Å². The molecule has 0 bridgehead atoms. The van der Waals surface area contributed by atoms with E-state index in [2.05, 4.69) is 11.1 Å². The Labute approximate surface area is 174 Å². The van der Waals surface area contributed by atoms with E-state index >= 15 is 0 Å². The molecule has 0 aromatic carbocycles. The summed E-state index contributed by atoms with van der Waals surface area (Å²) in [5.41, 5.74) is 0. The Morgan fingerprint density at radius 1 is 0.720 bits per heavy atom. The van der Waals surface area contributed by atoms with Gasteiger partial charge in [-0.3, -0.25) is 9.35 Å². The van der Waals surface area contributed by atoms with E-state index < -0.39 is 16.4 Å². The second-order valence-corrected chi connectivity index (χ2v) is 7.60. The van der Waals surface area contributed by atoms with Crippen molar-refractivity contribution in [2.45, 2.75) is 110 Å².